The van der Waals surface area contributed by atoms with Gasteiger partial charge in [-0.15, -0.1) is 0 Å². The van der Waals surface area contributed by atoms with E-state index in [0.29, 0.717) is 11.5 Å². The molecule has 0 aliphatic rings. The molecular formula is C26H50O2. The predicted octanol–water partition coefficient (Wildman–Crippen LogP) is 9.09. The molecule has 0 saturated carbocycles. The molecule has 0 aromatic rings. The van der Waals surface area contributed by atoms with E-state index in [1.807, 2.05) is 6.08 Å². The van der Waals surface area contributed by atoms with Crippen molar-refractivity contribution >= 4 is 5.97 Å². The van der Waals surface area contributed by atoms with Crippen LogP contribution in [0.2, 0.25) is 0 Å². The third-order valence-electron chi connectivity index (χ3n) is 6.03. The molecule has 0 heterocycles. The topological polar surface area (TPSA) is 37.3 Å². The molecular weight excluding hydrogens is 344 g/mol. The summed E-state index contributed by atoms with van der Waals surface area (Å²) in [6.45, 7) is 6.27. The molecule has 0 saturated heterocycles. The normalized spacial score (nSPS) is 12.1. The summed E-state index contributed by atoms with van der Waals surface area (Å²) in [5.41, 5.74) is 0.511. The second kappa shape index (κ2) is 20.9. The molecule has 2 nitrogen and oxygen atoms in total. The van der Waals surface area contributed by atoms with Crippen LogP contribution >= 0.6 is 0 Å². The molecule has 0 radical (unpaired) electrons. The fraction of sp³-hybridized carbons (Fsp3) is 0.885. The largest absolute Gasteiger partial charge is 0.478 e. The number of hydrogen-bond donors (Lipinski definition) is 1. The van der Waals surface area contributed by atoms with Crippen molar-refractivity contribution in [3.05, 3.63) is 11.6 Å². The van der Waals surface area contributed by atoms with Crippen molar-refractivity contribution in [2.45, 2.75) is 143 Å². The van der Waals surface area contributed by atoms with E-state index in [4.69, 9.17) is 5.11 Å². The van der Waals surface area contributed by atoms with Gasteiger partial charge >= 0.3 is 5.97 Å². The zero-order chi connectivity index (χ0) is 20.9. The van der Waals surface area contributed by atoms with Crippen molar-refractivity contribution in [3.63, 3.8) is 0 Å². The molecule has 2 heteroatoms. The van der Waals surface area contributed by atoms with Crippen molar-refractivity contribution in [2.24, 2.45) is 5.92 Å². The van der Waals surface area contributed by atoms with Crippen LogP contribution in [0.15, 0.2) is 11.6 Å². The van der Waals surface area contributed by atoms with Crippen LogP contribution in [-0.4, -0.2) is 11.1 Å². The lowest BCUT2D eigenvalue weighted by Gasteiger charge is -2.15. The zero-order valence-corrected chi connectivity index (χ0v) is 19.4. The van der Waals surface area contributed by atoms with Crippen molar-refractivity contribution in [3.8, 4) is 0 Å². The molecule has 0 rings (SSSR count). The van der Waals surface area contributed by atoms with Gasteiger partial charge in [-0.2, -0.15) is 0 Å². The first-order valence-corrected chi connectivity index (χ1v) is 12.5. The number of allylic oxidation sites excluding steroid dienone is 1. The fourth-order valence-electron chi connectivity index (χ4n) is 3.94. The minimum atomic E-state index is -0.766. The van der Waals surface area contributed by atoms with E-state index in [2.05, 4.69) is 13.8 Å². The first kappa shape index (κ1) is 27.2. The molecule has 0 aromatic heterocycles. The molecule has 0 bridgehead atoms. The van der Waals surface area contributed by atoms with Crippen LogP contribution < -0.4 is 0 Å². The zero-order valence-electron chi connectivity index (χ0n) is 19.4. The summed E-state index contributed by atoms with van der Waals surface area (Å²) in [5, 5.41) is 9.10. The Kier molecular flexibility index (Phi) is 20.3. The Hall–Kier alpha value is -0.790. The Morgan fingerprint density at radius 3 is 1.39 bits per heavy atom. The number of hydrogen-bond acceptors (Lipinski definition) is 1. The van der Waals surface area contributed by atoms with E-state index in [0.717, 1.165) is 6.42 Å². The molecule has 28 heavy (non-hydrogen) atoms. The molecule has 0 fully saturated rings. The van der Waals surface area contributed by atoms with Gasteiger partial charge in [0.25, 0.3) is 0 Å². The van der Waals surface area contributed by atoms with Gasteiger partial charge in [-0.25, -0.2) is 4.79 Å². The molecule has 0 aliphatic carbocycles. The minimum Gasteiger partial charge on any atom is -0.478 e. The molecule has 0 atom stereocenters. The van der Waals surface area contributed by atoms with Gasteiger partial charge in [0.2, 0.25) is 0 Å². The predicted molar refractivity (Wildman–Crippen MR) is 124 cm³/mol. The minimum absolute atomic E-state index is 0.511. The Balaban J connectivity index is 3.98. The highest BCUT2D eigenvalue weighted by atomic mass is 16.4. The van der Waals surface area contributed by atoms with E-state index in [-0.39, 0.29) is 0 Å². The standard InChI is InChI=1S/C26H50O2/c1-4-6-8-10-12-14-16-18-20-25(23-22-24(3)26(27)28)21-19-17-15-13-11-9-7-5-2/h22,25H,4-21,23H2,1-3H3,(H,27,28). The Labute approximate surface area is 176 Å². The van der Waals surface area contributed by atoms with Crippen molar-refractivity contribution in [1.82, 2.24) is 0 Å². The second-order valence-electron chi connectivity index (χ2n) is 8.82. The van der Waals surface area contributed by atoms with Gasteiger partial charge in [-0.1, -0.05) is 135 Å². The smallest absolute Gasteiger partial charge is 0.330 e. The number of carboxylic acids is 1. The lowest BCUT2D eigenvalue weighted by Crippen LogP contribution is -2.02. The van der Waals surface area contributed by atoms with Crippen molar-refractivity contribution in [1.29, 1.82) is 0 Å². The van der Waals surface area contributed by atoms with Gasteiger partial charge in [-0.3, -0.25) is 0 Å². The molecule has 0 amide bonds. The van der Waals surface area contributed by atoms with E-state index in [1.165, 1.54) is 116 Å². The summed E-state index contributed by atoms with van der Waals surface area (Å²) in [6.07, 6.45) is 27.3. The van der Waals surface area contributed by atoms with E-state index < -0.39 is 5.97 Å². The average molecular weight is 395 g/mol. The van der Waals surface area contributed by atoms with Crippen LogP contribution in [0, 0.1) is 5.92 Å². The van der Waals surface area contributed by atoms with Gasteiger partial charge in [0.15, 0.2) is 0 Å². The van der Waals surface area contributed by atoms with Gasteiger partial charge in [-0.05, 0) is 19.3 Å². The van der Waals surface area contributed by atoms with Crippen LogP contribution in [0.4, 0.5) is 0 Å². The van der Waals surface area contributed by atoms with E-state index in [9.17, 15) is 4.79 Å². The Morgan fingerprint density at radius 2 is 1.04 bits per heavy atom. The Morgan fingerprint density at radius 1 is 0.679 bits per heavy atom. The lowest BCUT2D eigenvalue weighted by atomic mass is 9.90. The lowest BCUT2D eigenvalue weighted by molar-refractivity contribution is -0.132. The monoisotopic (exact) mass is 394 g/mol. The first-order valence-electron chi connectivity index (χ1n) is 12.5. The number of carboxylic acid groups (broad SMARTS) is 1. The highest BCUT2D eigenvalue weighted by Gasteiger charge is 2.09. The summed E-state index contributed by atoms with van der Waals surface area (Å²) in [7, 11) is 0. The van der Waals surface area contributed by atoms with E-state index in [1.54, 1.807) is 6.92 Å². The highest BCUT2D eigenvalue weighted by Crippen LogP contribution is 2.23. The Bertz CT molecular complexity index is 353. The summed E-state index contributed by atoms with van der Waals surface area (Å²) < 4.78 is 0. The number of rotatable bonds is 21. The third kappa shape index (κ3) is 18.6. The van der Waals surface area contributed by atoms with E-state index >= 15 is 0 Å². The van der Waals surface area contributed by atoms with Crippen LogP contribution in [-0.2, 0) is 4.79 Å². The number of unbranched alkanes of at least 4 members (excludes halogenated alkanes) is 14. The number of aliphatic carboxylic acids is 1. The van der Waals surface area contributed by atoms with Gasteiger partial charge in [0.05, 0.1) is 0 Å². The molecule has 0 unspecified atom stereocenters. The van der Waals surface area contributed by atoms with Crippen LogP contribution in [0.25, 0.3) is 0 Å². The molecule has 0 aromatic carbocycles. The van der Waals surface area contributed by atoms with Crippen LogP contribution in [0.5, 0.6) is 0 Å². The third-order valence-corrected chi connectivity index (χ3v) is 6.03. The second-order valence-corrected chi connectivity index (χ2v) is 8.82. The van der Waals surface area contributed by atoms with Gasteiger partial charge in [0.1, 0.15) is 0 Å². The summed E-state index contributed by atoms with van der Waals surface area (Å²) >= 11 is 0. The first-order chi connectivity index (χ1) is 13.6. The highest BCUT2D eigenvalue weighted by molar-refractivity contribution is 5.85. The van der Waals surface area contributed by atoms with Crippen molar-refractivity contribution in [2.75, 3.05) is 0 Å². The molecule has 1 N–H and O–H groups in total. The SMILES string of the molecule is CCCCCCCCCCC(CC=C(C)C(=O)O)CCCCCCCCCC. The summed E-state index contributed by atoms with van der Waals surface area (Å²) in [4.78, 5) is 11.1. The maximum absolute atomic E-state index is 11.1. The summed E-state index contributed by atoms with van der Waals surface area (Å²) in [6, 6.07) is 0. The number of carbonyl (C=O) groups is 1. The molecule has 0 aliphatic heterocycles. The molecule has 0 spiro atoms. The molecule has 166 valence electrons. The fourth-order valence-corrected chi connectivity index (χ4v) is 3.94. The van der Waals surface area contributed by atoms with Crippen molar-refractivity contribution < 1.29 is 9.90 Å². The van der Waals surface area contributed by atoms with Crippen LogP contribution in [0.1, 0.15) is 143 Å². The summed E-state index contributed by atoms with van der Waals surface area (Å²) in [5.74, 6) is -0.0904. The quantitative estimate of drug-likeness (QED) is 0.156. The average Bonchev–Trinajstić information content (AvgIpc) is 2.68. The van der Waals surface area contributed by atoms with Gasteiger partial charge in [0, 0.05) is 5.57 Å². The maximum Gasteiger partial charge on any atom is 0.330 e. The van der Waals surface area contributed by atoms with Crippen LogP contribution in [0.3, 0.4) is 0 Å². The van der Waals surface area contributed by atoms with Gasteiger partial charge < -0.3 is 5.11 Å². The maximum atomic E-state index is 11.1.